The molecule has 0 fully saturated rings. The highest BCUT2D eigenvalue weighted by atomic mass is 16.5. The average molecular weight is 313 g/mol. The first-order chi connectivity index (χ1) is 10.6. The highest BCUT2D eigenvalue weighted by Gasteiger charge is 2.08. The highest BCUT2D eigenvalue weighted by molar-refractivity contribution is 4.59. The van der Waals surface area contributed by atoms with Crippen molar-refractivity contribution < 1.29 is 4.74 Å². The Morgan fingerprint density at radius 2 is 0.955 bits per heavy atom. The molecule has 0 amide bonds. The van der Waals surface area contributed by atoms with Crippen LogP contribution in [0.5, 0.6) is 0 Å². The molecule has 1 nitrogen and oxygen atoms in total. The van der Waals surface area contributed by atoms with E-state index in [-0.39, 0.29) is 0 Å². The third kappa shape index (κ3) is 20.0. The molecule has 0 saturated heterocycles. The molecular formula is C21H44O. The van der Waals surface area contributed by atoms with Gasteiger partial charge in [-0.1, -0.05) is 105 Å². The Bertz CT molecular complexity index is 204. The zero-order valence-electron chi connectivity index (χ0n) is 16.2. The fraction of sp³-hybridized carbons (Fsp3) is 1.00. The van der Waals surface area contributed by atoms with Crippen molar-refractivity contribution in [3.05, 3.63) is 0 Å². The van der Waals surface area contributed by atoms with Crippen LogP contribution in [0.3, 0.4) is 0 Å². The van der Waals surface area contributed by atoms with Gasteiger partial charge >= 0.3 is 0 Å². The molecule has 0 unspecified atom stereocenters. The summed E-state index contributed by atoms with van der Waals surface area (Å²) >= 11 is 0. The smallest absolute Gasteiger partial charge is 0.0471 e. The van der Waals surface area contributed by atoms with Gasteiger partial charge in [-0.05, 0) is 18.3 Å². The van der Waals surface area contributed by atoms with Crippen LogP contribution in [-0.2, 0) is 4.74 Å². The Morgan fingerprint density at radius 3 is 1.36 bits per heavy atom. The maximum Gasteiger partial charge on any atom is 0.0471 e. The van der Waals surface area contributed by atoms with Crippen LogP contribution in [0.2, 0.25) is 0 Å². The molecule has 0 aromatic carbocycles. The van der Waals surface area contributed by atoms with Crippen LogP contribution in [0.4, 0.5) is 0 Å². The Kier molecular flexibility index (Phi) is 15.8. The van der Waals surface area contributed by atoms with Crippen molar-refractivity contribution >= 4 is 0 Å². The second-order valence-corrected chi connectivity index (χ2v) is 8.17. The second-order valence-electron chi connectivity index (χ2n) is 8.17. The van der Waals surface area contributed by atoms with Gasteiger partial charge in [0.1, 0.15) is 0 Å². The third-order valence-electron chi connectivity index (χ3n) is 4.39. The van der Waals surface area contributed by atoms with E-state index in [1.165, 1.54) is 89.9 Å². The van der Waals surface area contributed by atoms with Crippen molar-refractivity contribution in [2.75, 3.05) is 13.2 Å². The van der Waals surface area contributed by atoms with E-state index in [0.717, 1.165) is 13.2 Å². The van der Waals surface area contributed by atoms with Crippen LogP contribution in [0.15, 0.2) is 0 Å². The highest BCUT2D eigenvalue weighted by Crippen LogP contribution is 2.18. The van der Waals surface area contributed by atoms with Gasteiger partial charge in [-0.15, -0.1) is 0 Å². The normalized spacial score (nSPS) is 12.0. The van der Waals surface area contributed by atoms with E-state index < -0.39 is 0 Å². The summed E-state index contributed by atoms with van der Waals surface area (Å²) in [6.07, 6.45) is 19.6. The summed E-state index contributed by atoms with van der Waals surface area (Å²) in [5.41, 5.74) is 0.413. The van der Waals surface area contributed by atoms with Gasteiger partial charge < -0.3 is 4.74 Å². The quantitative estimate of drug-likeness (QED) is 0.268. The van der Waals surface area contributed by atoms with Crippen LogP contribution in [0.25, 0.3) is 0 Å². The zero-order chi connectivity index (χ0) is 16.5. The molecular weight excluding hydrogens is 268 g/mol. The summed E-state index contributed by atoms with van der Waals surface area (Å²) in [6, 6.07) is 0. The molecule has 0 spiro atoms. The topological polar surface area (TPSA) is 9.23 Å². The summed E-state index contributed by atoms with van der Waals surface area (Å²) in [5.74, 6) is 0. The molecule has 0 bridgehead atoms. The molecule has 0 aliphatic rings. The molecule has 0 aliphatic carbocycles. The summed E-state index contributed by atoms with van der Waals surface area (Å²) in [7, 11) is 0. The number of hydrogen-bond acceptors (Lipinski definition) is 1. The minimum atomic E-state index is 0.413. The third-order valence-corrected chi connectivity index (χ3v) is 4.39. The van der Waals surface area contributed by atoms with Crippen LogP contribution < -0.4 is 0 Å². The zero-order valence-corrected chi connectivity index (χ0v) is 16.2. The van der Waals surface area contributed by atoms with E-state index in [4.69, 9.17) is 4.74 Å². The number of rotatable bonds is 16. The Balaban J connectivity index is 3.00. The van der Waals surface area contributed by atoms with E-state index in [1.807, 2.05) is 0 Å². The molecule has 0 heterocycles. The van der Waals surface area contributed by atoms with Gasteiger partial charge in [-0.3, -0.25) is 0 Å². The fourth-order valence-corrected chi connectivity index (χ4v) is 2.70. The SMILES string of the molecule is CCCCCCCCCCCCCCCOCCC(C)(C)C. The molecule has 0 atom stereocenters. The van der Waals surface area contributed by atoms with Gasteiger partial charge in [0.05, 0.1) is 0 Å². The lowest BCUT2D eigenvalue weighted by Crippen LogP contribution is -2.09. The molecule has 0 saturated carbocycles. The summed E-state index contributed by atoms with van der Waals surface area (Å²) in [6.45, 7) is 11.0. The van der Waals surface area contributed by atoms with Crippen LogP contribution in [0.1, 0.15) is 118 Å². The molecule has 1 heteroatoms. The standard InChI is InChI=1S/C21H44O/c1-5-6-7-8-9-10-11-12-13-14-15-16-17-19-22-20-18-21(2,3)4/h5-20H2,1-4H3. The minimum absolute atomic E-state index is 0.413. The molecule has 22 heavy (non-hydrogen) atoms. The number of unbranched alkanes of at least 4 members (excludes halogenated alkanes) is 12. The summed E-state index contributed by atoms with van der Waals surface area (Å²) in [4.78, 5) is 0. The lowest BCUT2D eigenvalue weighted by atomic mass is 9.93. The first-order valence-corrected chi connectivity index (χ1v) is 10.1. The van der Waals surface area contributed by atoms with Crippen LogP contribution in [0, 0.1) is 5.41 Å². The molecule has 134 valence electrons. The van der Waals surface area contributed by atoms with Gasteiger partial charge in [0, 0.05) is 13.2 Å². The molecule has 0 aliphatic heterocycles. The minimum Gasteiger partial charge on any atom is -0.381 e. The van der Waals surface area contributed by atoms with Crippen LogP contribution in [-0.4, -0.2) is 13.2 Å². The van der Waals surface area contributed by atoms with Crippen molar-refractivity contribution in [1.29, 1.82) is 0 Å². The van der Waals surface area contributed by atoms with Crippen molar-refractivity contribution in [3.63, 3.8) is 0 Å². The molecule has 0 rings (SSSR count). The van der Waals surface area contributed by atoms with Gasteiger partial charge in [0.25, 0.3) is 0 Å². The molecule has 0 N–H and O–H groups in total. The van der Waals surface area contributed by atoms with Gasteiger partial charge in [-0.2, -0.15) is 0 Å². The van der Waals surface area contributed by atoms with Gasteiger partial charge in [0.15, 0.2) is 0 Å². The largest absolute Gasteiger partial charge is 0.381 e. The van der Waals surface area contributed by atoms with E-state index in [0.29, 0.717) is 5.41 Å². The number of hydrogen-bond donors (Lipinski definition) is 0. The van der Waals surface area contributed by atoms with Crippen molar-refractivity contribution in [1.82, 2.24) is 0 Å². The van der Waals surface area contributed by atoms with Gasteiger partial charge in [0.2, 0.25) is 0 Å². The average Bonchev–Trinajstić information content (AvgIpc) is 2.45. The van der Waals surface area contributed by atoms with Crippen molar-refractivity contribution in [2.45, 2.75) is 118 Å². The van der Waals surface area contributed by atoms with E-state index in [9.17, 15) is 0 Å². The number of ether oxygens (including phenoxy) is 1. The van der Waals surface area contributed by atoms with Crippen molar-refractivity contribution in [3.8, 4) is 0 Å². The van der Waals surface area contributed by atoms with E-state index in [1.54, 1.807) is 0 Å². The van der Waals surface area contributed by atoms with Gasteiger partial charge in [-0.25, -0.2) is 0 Å². The maximum atomic E-state index is 5.71. The maximum absolute atomic E-state index is 5.71. The first kappa shape index (κ1) is 22.0. The monoisotopic (exact) mass is 312 g/mol. The predicted octanol–water partition coefficient (Wildman–Crippen LogP) is 7.53. The Morgan fingerprint density at radius 1 is 0.545 bits per heavy atom. The molecule has 0 radical (unpaired) electrons. The first-order valence-electron chi connectivity index (χ1n) is 10.1. The lowest BCUT2D eigenvalue weighted by Gasteiger charge is -2.17. The van der Waals surface area contributed by atoms with E-state index in [2.05, 4.69) is 27.7 Å². The molecule has 0 aromatic heterocycles. The lowest BCUT2D eigenvalue weighted by molar-refractivity contribution is 0.105. The Hall–Kier alpha value is -0.0400. The second kappa shape index (κ2) is 15.8. The fourth-order valence-electron chi connectivity index (χ4n) is 2.70. The summed E-state index contributed by atoms with van der Waals surface area (Å²) < 4.78 is 5.71. The van der Waals surface area contributed by atoms with Crippen molar-refractivity contribution in [2.24, 2.45) is 5.41 Å². The predicted molar refractivity (Wildman–Crippen MR) is 101 cm³/mol. The van der Waals surface area contributed by atoms with Crippen LogP contribution >= 0.6 is 0 Å². The Labute approximate surface area is 141 Å². The van der Waals surface area contributed by atoms with E-state index >= 15 is 0 Å². The summed E-state index contributed by atoms with van der Waals surface area (Å²) in [5, 5.41) is 0. The molecule has 0 aromatic rings.